The molecular weight excluding hydrogens is 162 g/mol. The molecule has 0 amide bonds. The Kier molecular flexibility index (Phi) is 2.51. The van der Waals surface area contributed by atoms with Gasteiger partial charge in [0, 0.05) is 4.90 Å². The van der Waals surface area contributed by atoms with E-state index in [-0.39, 0.29) is 0 Å². The van der Waals surface area contributed by atoms with Crippen LogP contribution >= 0.6 is 12.6 Å². The molecule has 0 aliphatic rings. The number of nitrogens with two attached hydrogens (primary N) is 1. The van der Waals surface area contributed by atoms with Crippen LogP contribution in [0.3, 0.4) is 0 Å². The van der Waals surface area contributed by atoms with E-state index in [0.717, 1.165) is 0 Å². The summed E-state index contributed by atoms with van der Waals surface area (Å²) >= 11 is 4.03. The van der Waals surface area contributed by atoms with Crippen LogP contribution in [-0.2, 0) is 4.84 Å². The summed E-state index contributed by atoms with van der Waals surface area (Å²) in [5, 5.41) is 0. The summed E-state index contributed by atoms with van der Waals surface area (Å²) in [4.78, 5) is 15.4. The second-order valence-electron chi connectivity index (χ2n) is 1.92. The minimum absolute atomic E-state index is 0.373. The van der Waals surface area contributed by atoms with Gasteiger partial charge in [-0.1, -0.05) is 12.1 Å². The normalized spacial score (nSPS) is 9.27. The van der Waals surface area contributed by atoms with Gasteiger partial charge in [0.05, 0.1) is 5.56 Å². The molecule has 0 radical (unpaired) electrons. The van der Waals surface area contributed by atoms with Crippen molar-refractivity contribution in [1.82, 2.24) is 0 Å². The fraction of sp³-hybridized carbons (Fsp3) is 0. The van der Waals surface area contributed by atoms with Gasteiger partial charge in [0.25, 0.3) is 0 Å². The first-order valence-corrected chi connectivity index (χ1v) is 3.39. The van der Waals surface area contributed by atoms with Gasteiger partial charge in [0.1, 0.15) is 0 Å². The highest BCUT2D eigenvalue weighted by atomic mass is 32.1. The van der Waals surface area contributed by atoms with E-state index in [9.17, 15) is 4.79 Å². The van der Waals surface area contributed by atoms with Gasteiger partial charge in [0.2, 0.25) is 0 Å². The van der Waals surface area contributed by atoms with Crippen LogP contribution in [0.15, 0.2) is 29.2 Å². The molecular formula is C7H7NO2S. The van der Waals surface area contributed by atoms with Crippen molar-refractivity contribution in [1.29, 1.82) is 0 Å². The lowest BCUT2D eigenvalue weighted by Crippen LogP contribution is -2.10. The smallest absolute Gasteiger partial charge is 0.357 e. The Morgan fingerprint density at radius 1 is 1.45 bits per heavy atom. The second-order valence-corrected chi connectivity index (χ2v) is 2.40. The molecule has 0 bridgehead atoms. The van der Waals surface area contributed by atoms with E-state index in [2.05, 4.69) is 23.4 Å². The third-order valence-corrected chi connectivity index (χ3v) is 1.62. The predicted octanol–water partition coefficient (Wildman–Crippen LogP) is 1.01. The SMILES string of the molecule is NOC(=O)c1ccccc1S. The molecule has 0 unspecified atom stereocenters. The monoisotopic (exact) mass is 169 g/mol. The maximum atomic E-state index is 10.8. The van der Waals surface area contributed by atoms with Gasteiger partial charge < -0.3 is 4.84 Å². The molecule has 0 aromatic heterocycles. The Balaban J connectivity index is 3.03. The molecule has 4 heteroatoms. The van der Waals surface area contributed by atoms with Crippen LogP contribution in [0.1, 0.15) is 10.4 Å². The Labute approximate surface area is 69.5 Å². The van der Waals surface area contributed by atoms with Crippen LogP contribution in [0.5, 0.6) is 0 Å². The first-order valence-electron chi connectivity index (χ1n) is 2.94. The maximum Gasteiger partial charge on any atom is 0.357 e. The summed E-state index contributed by atoms with van der Waals surface area (Å²) in [6, 6.07) is 6.77. The highest BCUT2D eigenvalue weighted by molar-refractivity contribution is 7.80. The van der Waals surface area contributed by atoms with Crippen LogP contribution in [0.2, 0.25) is 0 Å². The Hall–Kier alpha value is -1.00. The molecule has 3 nitrogen and oxygen atoms in total. The standard InChI is InChI=1S/C7H7NO2S/c8-10-7(9)5-3-1-2-4-6(5)11/h1-4,11H,8H2. The summed E-state index contributed by atoms with van der Waals surface area (Å²) in [5.74, 6) is 4.12. The number of hydrogen-bond donors (Lipinski definition) is 2. The van der Waals surface area contributed by atoms with E-state index >= 15 is 0 Å². The Bertz CT molecular complexity index is 275. The van der Waals surface area contributed by atoms with Crippen molar-refractivity contribution in [2.45, 2.75) is 4.90 Å². The number of rotatable bonds is 1. The average Bonchev–Trinajstić information content (AvgIpc) is 2.04. The summed E-state index contributed by atoms with van der Waals surface area (Å²) in [7, 11) is 0. The molecule has 58 valence electrons. The average molecular weight is 169 g/mol. The van der Waals surface area contributed by atoms with Gasteiger partial charge in [0.15, 0.2) is 0 Å². The van der Waals surface area contributed by atoms with Crippen LogP contribution in [-0.4, -0.2) is 5.97 Å². The van der Waals surface area contributed by atoms with Crippen LogP contribution in [0.4, 0.5) is 0 Å². The highest BCUT2D eigenvalue weighted by Gasteiger charge is 2.07. The lowest BCUT2D eigenvalue weighted by molar-refractivity contribution is 0.0499. The topological polar surface area (TPSA) is 52.3 Å². The zero-order chi connectivity index (χ0) is 8.27. The molecule has 11 heavy (non-hydrogen) atoms. The molecule has 0 aliphatic carbocycles. The van der Waals surface area contributed by atoms with Crippen molar-refractivity contribution in [3.8, 4) is 0 Å². The molecule has 0 saturated heterocycles. The molecule has 0 fully saturated rings. The fourth-order valence-electron chi connectivity index (χ4n) is 0.710. The largest absolute Gasteiger partial charge is 0.370 e. The number of carbonyl (C=O) groups excluding carboxylic acids is 1. The van der Waals surface area contributed by atoms with Gasteiger partial charge >= 0.3 is 5.97 Å². The number of thiol groups is 1. The first-order chi connectivity index (χ1) is 5.25. The van der Waals surface area contributed by atoms with Gasteiger partial charge in [-0.25, -0.2) is 4.79 Å². The molecule has 0 heterocycles. The van der Waals surface area contributed by atoms with Crippen molar-refractivity contribution in [3.63, 3.8) is 0 Å². The second kappa shape index (κ2) is 3.41. The highest BCUT2D eigenvalue weighted by Crippen LogP contribution is 2.12. The number of benzene rings is 1. The summed E-state index contributed by atoms with van der Waals surface area (Å²) in [6.45, 7) is 0. The van der Waals surface area contributed by atoms with Crippen LogP contribution in [0.25, 0.3) is 0 Å². The van der Waals surface area contributed by atoms with Crippen molar-refractivity contribution in [3.05, 3.63) is 29.8 Å². The lowest BCUT2D eigenvalue weighted by atomic mass is 10.2. The Morgan fingerprint density at radius 3 is 2.64 bits per heavy atom. The van der Waals surface area contributed by atoms with Crippen LogP contribution in [0, 0.1) is 0 Å². The summed E-state index contributed by atoms with van der Waals surface area (Å²) in [5.41, 5.74) is 0.373. The summed E-state index contributed by atoms with van der Waals surface area (Å²) in [6.07, 6.45) is 0. The zero-order valence-electron chi connectivity index (χ0n) is 5.65. The summed E-state index contributed by atoms with van der Waals surface area (Å²) < 4.78 is 0. The van der Waals surface area contributed by atoms with Gasteiger partial charge in [-0.2, -0.15) is 5.90 Å². The van der Waals surface area contributed by atoms with Crippen molar-refractivity contribution in [2.75, 3.05) is 0 Å². The number of hydrogen-bond acceptors (Lipinski definition) is 4. The molecule has 0 spiro atoms. The third-order valence-electron chi connectivity index (χ3n) is 1.23. The van der Waals surface area contributed by atoms with E-state index in [1.54, 1.807) is 24.3 Å². The molecule has 1 aromatic rings. The maximum absolute atomic E-state index is 10.8. The minimum Gasteiger partial charge on any atom is -0.370 e. The quantitative estimate of drug-likeness (QED) is 0.487. The molecule has 1 rings (SSSR count). The lowest BCUT2D eigenvalue weighted by Gasteiger charge is -1.99. The van der Waals surface area contributed by atoms with Gasteiger partial charge in [-0.05, 0) is 12.1 Å². The molecule has 2 N–H and O–H groups in total. The van der Waals surface area contributed by atoms with E-state index in [0.29, 0.717) is 10.5 Å². The number of carbonyl (C=O) groups is 1. The van der Waals surface area contributed by atoms with E-state index in [1.165, 1.54) is 0 Å². The van der Waals surface area contributed by atoms with E-state index in [1.807, 2.05) is 0 Å². The molecule has 1 aromatic carbocycles. The molecule has 0 aliphatic heterocycles. The first kappa shape index (κ1) is 8.10. The Morgan fingerprint density at radius 2 is 2.09 bits per heavy atom. The molecule has 0 saturated carbocycles. The molecule has 0 atom stereocenters. The van der Waals surface area contributed by atoms with Crippen molar-refractivity contribution >= 4 is 18.6 Å². The predicted molar refractivity (Wildman–Crippen MR) is 43.3 cm³/mol. The van der Waals surface area contributed by atoms with E-state index < -0.39 is 5.97 Å². The van der Waals surface area contributed by atoms with Gasteiger partial charge in [-0.15, -0.1) is 12.6 Å². The van der Waals surface area contributed by atoms with Crippen molar-refractivity contribution < 1.29 is 9.63 Å². The minimum atomic E-state index is -0.574. The van der Waals surface area contributed by atoms with Crippen molar-refractivity contribution in [2.24, 2.45) is 5.90 Å². The van der Waals surface area contributed by atoms with Gasteiger partial charge in [-0.3, -0.25) is 0 Å². The fourth-order valence-corrected chi connectivity index (χ4v) is 0.962. The van der Waals surface area contributed by atoms with E-state index in [4.69, 9.17) is 0 Å². The van der Waals surface area contributed by atoms with Crippen LogP contribution < -0.4 is 5.90 Å². The zero-order valence-corrected chi connectivity index (χ0v) is 6.54. The third kappa shape index (κ3) is 1.72.